The van der Waals surface area contributed by atoms with Crippen molar-refractivity contribution in [2.24, 2.45) is 17.8 Å². The molecule has 1 atom stereocenters. The predicted molar refractivity (Wildman–Crippen MR) is 61.6 cm³/mol. The van der Waals surface area contributed by atoms with E-state index in [1.54, 1.807) is 6.92 Å². The number of hydrogen-bond acceptors (Lipinski definition) is 2. The Morgan fingerprint density at radius 1 is 1.27 bits per heavy atom. The van der Waals surface area contributed by atoms with E-state index >= 15 is 0 Å². The minimum atomic E-state index is -0.568. The fourth-order valence-electron chi connectivity index (χ4n) is 2.56. The molecule has 1 rings (SSSR count). The highest BCUT2D eigenvalue weighted by atomic mass is 16.3. The van der Waals surface area contributed by atoms with Crippen molar-refractivity contribution in [1.29, 1.82) is 0 Å². The first-order valence-corrected chi connectivity index (χ1v) is 6.08. The smallest absolute Gasteiger partial charge is 0.132 e. The van der Waals surface area contributed by atoms with Gasteiger partial charge in [-0.25, -0.2) is 0 Å². The van der Waals surface area contributed by atoms with Crippen LogP contribution in [-0.2, 0) is 4.79 Å². The highest BCUT2D eigenvalue weighted by molar-refractivity contribution is 5.78. The molecular weight excluding hydrogens is 188 g/mol. The van der Waals surface area contributed by atoms with E-state index < -0.39 is 5.60 Å². The van der Waals surface area contributed by atoms with Crippen LogP contribution < -0.4 is 0 Å². The SMILES string of the molecule is CC(=O)[C@H]1CC[C@H]([C@@](C)(O)C(C)C)CC1. The highest BCUT2D eigenvalue weighted by Crippen LogP contribution is 2.39. The van der Waals surface area contributed by atoms with E-state index in [-0.39, 0.29) is 11.8 Å². The molecule has 1 saturated carbocycles. The molecule has 0 spiro atoms. The Bertz CT molecular complexity index is 223. The molecule has 1 aliphatic carbocycles. The summed E-state index contributed by atoms with van der Waals surface area (Å²) in [7, 11) is 0. The normalized spacial score (nSPS) is 31.3. The minimum absolute atomic E-state index is 0.254. The van der Waals surface area contributed by atoms with E-state index in [1.807, 2.05) is 6.92 Å². The quantitative estimate of drug-likeness (QED) is 0.781. The van der Waals surface area contributed by atoms with Gasteiger partial charge in [0.15, 0.2) is 0 Å². The van der Waals surface area contributed by atoms with Gasteiger partial charge in [-0.3, -0.25) is 4.79 Å². The Morgan fingerprint density at radius 2 is 1.73 bits per heavy atom. The lowest BCUT2D eigenvalue weighted by Gasteiger charge is -2.40. The lowest BCUT2D eigenvalue weighted by atomic mass is 9.69. The lowest BCUT2D eigenvalue weighted by Crippen LogP contribution is -2.42. The average Bonchev–Trinajstić information content (AvgIpc) is 2.17. The monoisotopic (exact) mass is 212 g/mol. The minimum Gasteiger partial charge on any atom is -0.390 e. The number of hydrogen-bond donors (Lipinski definition) is 1. The van der Waals surface area contributed by atoms with Gasteiger partial charge in [0.2, 0.25) is 0 Å². The summed E-state index contributed by atoms with van der Waals surface area (Å²) in [6.45, 7) is 7.76. The second kappa shape index (κ2) is 4.65. The van der Waals surface area contributed by atoms with Gasteiger partial charge >= 0.3 is 0 Å². The molecular formula is C13H24O2. The van der Waals surface area contributed by atoms with E-state index in [9.17, 15) is 9.90 Å². The van der Waals surface area contributed by atoms with E-state index in [4.69, 9.17) is 0 Å². The summed E-state index contributed by atoms with van der Waals surface area (Å²) >= 11 is 0. The lowest BCUT2D eigenvalue weighted by molar-refractivity contribution is -0.123. The van der Waals surface area contributed by atoms with Crippen LogP contribution in [0.3, 0.4) is 0 Å². The van der Waals surface area contributed by atoms with Crippen molar-refractivity contribution in [1.82, 2.24) is 0 Å². The highest BCUT2D eigenvalue weighted by Gasteiger charge is 2.37. The number of carbonyl (C=O) groups excluding carboxylic acids is 1. The standard InChI is InChI=1S/C13H24O2/c1-9(2)13(4,15)12-7-5-11(6-8-12)10(3)14/h9,11-12,15H,5-8H2,1-4H3/t11-,12-,13-/m0/s1. The van der Waals surface area contributed by atoms with E-state index in [1.165, 1.54) is 0 Å². The predicted octanol–water partition coefficient (Wildman–Crippen LogP) is 2.79. The molecule has 0 aromatic carbocycles. The third-order valence-electron chi connectivity index (χ3n) is 4.30. The van der Waals surface area contributed by atoms with Gasteiger partial charge in [0.05, 0.1) is 5.60 Å². The van der Waals surface area contributed by atoms with Crippen LogP contribution in [0.1, 0.15) is 53.4 Å². The molecule has 0 saturated heterocycles. The zero-order valence-electron chi connectivity index (χ0n) is 10.4. The summed E-state index contributed by atoms with van der Waals surface area (Å²) in [6, 6.07) is 0. The summed E-state index contributed by atoms with van der Waals surface area (Å²) in [5.41, 5.74) is -0.568. The van der Waals surface area contributed by atoms with Crippen LogP contribution in [0.2, 0.25) is 0 Å². The second-order valence-corrected chi connectivity index (χ2v) is 5.54. The van der Waals surface area contributed by atoms with Gasteiger partial charge in [0, 0.05) is 5.92 Å². The second-order valence-electron chi connectivity index (χ2n) is 5.54. The summed E-state index contributed by atoms with van der Waals surface area (Å²) in [4.78, 5) is 11.2. The van der Waals surface area contributed by atoms with Gasteiger partial charge < -0.3 is 5.11 Å². The van der Waals surface area contributed by atoms with Crippen molar-refractivity contribution in [3.8, 4) is 0 Å². The van der Waals surface area contributed by atoms with Crippen LogP contribution in [0.4, 0.5) is 0 Å². The Morgan fingerprint density at radius 3 is 2.07 bits per heavy atom. The zero-order chi connectivity index (χ0) is 11.6. The van der Waals surface area contributed by atoms with Crippen LogP contribution in [0.15, 0.2) is 0 Å². The van der Waals surface area contributed by atoms with Gasteiger partial charge in [0.25, 0.3) is 0 Å². The summed E-state index contributed by atoms with van der Waals surface area (Å²) in [5.74, 6) is 1.23. The van der Waals surface area contributed by atoms with Gasteiger partial charge in [0.1, 0.15) is 5.78 Å². The topological polar surface area (TPSA) is 37.3 Å². The molecule has 0 aromatic heterocycles. The number of carbonyl (C=O) groups is 1. The van der Waals surface area contributed by atoms with Crippen LogP contribution >= 0.6 is 0 Å². The van der Waals surface area contributed by atoms with Crippen LogP contribution in [-0.4, -0.2) is 16.5 Å². The average molecular weight is 212 g/mol. The van der Waals surface area contributed by atoms with Crippen LogP contribution in [0.25, 0.3) is 0 Å². The third-order valence-corrected chi connectivity index (χ3v) is 4.30. The number of aliphatic hydroxyl groups is 1. The molecule has 1 fully saturated rings. The maximum atomic E-state index is 11.2. The Labute approximate surface area is 93.1 Å². The Balaban J connectivity index is 2.54. The molecule has 0 radical (unpaired) electrons. The summed E-state index contributed by atoms with van der Waals surface area (Å²) < 4.78 is 0. The van der Waals surface area contributed by atoms with Gasteiger partial charge in [-0.15, -0.1) is 0 Å². The van der Waals surface area contributed by atoms with Crippen molar-refractivity contribution >= 4 is 5.78 Å². The number of ketones is 1. The molecule has 1 aliphatic rings. The van der Waals surface area contributed by atoms with Crippen LogP contribution in [0, 0.1) is 17.8 Å². The van der Waals surface area contributed by atoms with Crippen molar-refractivity contribution in [2.75, 3.05) is 0 Å². The third kappa shape index (κ3) is 2.81. The molecule has 0 aromatic rings. The van der Waals surface area contributed by atoms with Crippen molar-refractivity contribution in [3.63, 3.8) is 0 Å². The first-order chi connectivity index (χ1) is 6.85. The van der Waals surface area contributed by atoms with Gasteiger partial charge in [-0.2, -0.15) is 0 Å². The number of rotatable bonds is 3. The van der Waals surface area contributed by atoms with Gasteiger partial charge in [-0.05, 0) is 51.4 Å². The van der Waals surface area contributed by atoms with Crippen molar-refractivity contribution < 1.29 is 9.90 Å². The Kier molecular flexibility index (Phi) is 3.93. The molecule has 1 N–H and O–H groups in total. The molecule has 0 aliphatic heterocycles. The fourth-order valence-corrected chi connectivity index (χ4v) is 2.56. The molecule has 0 unspecified atom stereocenters. The fraction of sp³-hybridized carbons (Fsp3) is 0.923. The van der Waals surface area contributed by atoms with E-state index in [0.29, 0.717) is 11.7 Å². The summed E-state index contributed by atoms with van der Waals surface area (Å²) in [6.07, 6.45) is 3.91. The molecule has 0 heterocycles. The largest absolute Gasteiger partial charge is 0.390 e. The molecule has 0 bridgehead atoms. The van der Waals surface area contributed by atoms with Crippen LogP contribution in [0.5, 0.6) is 0 Å². The molecule has 15 heavy (non-hydrogen) atoms. The maximum Gasteiger partial charge on any atom is 0.132 e. The molecule has 0 amide bonds. The zero-order valence-corrected chi connectivity index (χ0v) is 10.4. The first kappa shape index (κ1) is 12.7. The Hall–Kier alpha value is -0.370. The molecule has 2 heteroatoms. The maximum absolute atomic E-state index is 11.2. The molecule has 88 valence electrons. The first-order valence-electron chi connectivity index (χ1n) is 6.08. The number of Topliss-reactive ketones (excluding diaryl/α,β-unsaturated/α-hetero) is 1. The van der Waals surface area contributed by atoms with Crippen molar-refractivity contribution in [2.45, 2.75) is 59.0 Å². The van der Waals surface area contributed by atoms with Gasteiger partial charge in [-0.1, -0.05) is 13.8 Å². The summed E-state index contributed by atoms with van der Waals surface area (Å²) in [5, 5.41) is 10.4. The van der Waals surface area contributed by atoms with E-state index in [2.05, 4.69) is 13.8 Å². The molecule has 2 nitrogen and oxygen atoms in total. The van der Waals surface area contributed by atoms with Crippen molar-refractivity contribution in [3.05, 3.63) is 0 Å². The van der Waals surface area contributed by atoms with E-state index in [0.717, 1.165) is 25.7 Å².